The molecule has 0 heterocycles. The maximum Gasteiger partial charge on any atom is 0.193 e. The number of nitrogens with zero attached hydrogens (tertiary/aromatic N) is 1. The second-order valence-corrected chi connectivity index (χ2v) is 4.29. The summed E-state index contributed by atoms with van der Waals surface area (Å²) in [4.78, 5) is 3.98. The average molecular weight is 291 g/mol. The van der Waals surface area contributed by atoms with Crippen LogP contribution in [0.15, 0.2) is 47.5 Å². The molecule has 3 N–H and O–H groups in total. The maximum absolute atomic E-state index is 13.4. The third-order valence-electron chi connectivity index (χ3n) is 2.79. The molecule has 0 amide bonds. The monoisotopic (exact) mass is 291 g/mol. The molecule has 0 aromatic heterocycles. The smallest absolute Gasteiger partial charge is 0.193 e. The highest BCUT2D eigenvalue weighted by Crippen LogP contribution is 2.15. The standard InChI is InChI=1S/C15H15F2N3O/c1-21-13-5-3-12(4-6-13)20-15(18)19-9-10-8-11(16)2-7-14(10)17/h2-8H,9H2,1H3,(H3,18,19,20). The predicted molar refractivity (Wildman–Crippen MR) is 78.3 cm³/mol. The molecule has 4 nitrogen and oxygen atoms in total. The Hall–Kier alpha value is -2.63. The largest absolute Gasteiger partial charge is 0.497 e. The van der Waals surface area contributed by atoms with Crippen LogP contribution in [0.3, 0.4) is 0 Å². The van der Waals surface area contributed by atoms with E-state index in [-0.39, 0.29) is 18.1 Å². The topological polar surface area (TPSA) is 59.6 Å². The molecule has 110 valence electrons. The molecule has 0 saturated carbocycles. The van der Waals surface area contributed by atoms with Gasteiger partial charge in [0, 0.05) is 11.3 Å². The Kier molecular flexibility index (Phi) is 4.71. The van der Waals surface area contributed by atoms with Crippen LogP contribution < -0.4 is 15.8 Å². The number of anilines is 1. The maximum atomic E-state index is 13.4. The minimum atomic E-state index is -0.516. The minimum Gasteiger partial charge on any atom is -0.497 e. The summed E-state index contributed by atoms with van der Waals surface area (Å²) in [6, 6.07) is 10.3. The van der Waals surface area contributed by atoms with Gasteiger partial charge in [0.05, 0.1) is 13.7 Å². The first-order chi connectivity index (χ1) is 10.1. The Morgan fingerprint density at radius 3 is 2.57 bits per heavy atom. The molecule has 0 aliphatic heterocycles. The van der Waals surface area contributed by atoms with E-state index >= 15 is 0 Å². The molecule has 2 rings (SSSR count). The lowest BCUT2D eigenvalue weighted by molar-refractivity contribution is 0.415. The Morgan fingerprint density at radius 2 is 1.90 bits per heavy atom. The third-order valence-corrected chi connectivity index (χ3v) is 2.79. The summed E-state index contributed by atoms with van der Waals surface area (Å²) >= 11 is 0. The van der Waals surface area contributed by atoms with Gasteiger partial charge in [-0.1, -0.05) is 0 Å². The molecular weight excluding hydrogens is 276 g/mol. The van der Waals surface area contributed by atoms with Crippen LogP contribution in [-0.4, -0.2) is 13.1 Å². The molecule has 0 saturated heterocycles. The average Bonchev–Trinajstić information content (AvgIpc) is 2.49. The van der Waals surface area contributed by atoms with Gasteiger partial charge in [-0.2, -0.15) is 0 Å². The Morgan fingerprint density at radius 1 is 1.19 bits per heavy atom. The summed E-state index contributed by atoms with van der Waals surface area (Å²) < 4.78 is 31.5. The van der Waals surface area contributed by atoms with Crippen molar-refractivity contribution in [2.24, 2.45) is 10.7 Å². The van der Waals surface area contributed by atoms with Crippen molar-refractivity contribution in [3.8, 4) is 5.75 Å². The number of aliphatic imine (C=N–C) groups is 1. The number of nitrogens with two attached hydrogens (primary N) is 1. The first-order valence-electron chi connectivity index (χ1n) is 6.23. The highest BCUT2D eigenvalue weighted by molar-refractivity contribution is 5.92. The van der Waals surface area contributed by atoms with Gasteiger partial charge in [-0.25, -0.2) is 13.8 Å². The number of hydrogen-bond acceptors (Lipinski definition) is 2. The number of rotatable bonds is 4. The normalized spacial score (nSPS) is 11.3. The first-order valence-corrected chi connectivity index (χ1v) is 6.23. The van der Waals surface area contributed by atoms with Gasteiger partial charge in [0.15, 0.2) is 5.96 Å². The van der Waals surface area contributed by atoms with E-state index in [1.54, 1.807) is 31.4 Å². The summed E-state index contributed by atoms with van der Waals surface area (Å²) in [6.45, 7) is -0.0431. The number of benzene rings is 2. The summed E-state index contributed by atoms with van der Waals surface area (Å²) in [6.07, 6.45) is 0. The molecule has 0 aliphatic carbocycles. The number of guanidine groups is 1. The van der Waals surface area contributed by atoms with Crippen molar-refractivity contribution in [2.75, 3.05) is 12.4 Å². The van der Waals surface area contributed by atoms with E-state index < -0.39 is 11.6 Å². The van der Waals surface area contributed by atoms with Crippen LogP contribution in [0.1, 0.15) is 5.56 Å². The lowest BCUT2D eigenvalue weighted by Gasteiger charge is -2.07. The molecule has 0 fully saturated rings. The van der Waals surface area contributed by atoms with E-state index in [9.17, 15) is 8.78 Å². The van der Waals surface area contributed by atoms with Gasteiger partial charge in [-0.3, -0.25) is 0 Å². The molecule has 2 aromatic carbocycles. The van der Waals surface area contributed by atoms with Crippen LogP contribution in [0.5, 0.6) is 5.75 Å². The van der Waals surface area contributed by atoms with Crippen molar-refractivity contribution >= 4 is 11.6 Å². The van der Waals surface area contributed by atoms with Crippen LogP contribution in [-0.2, 0) is 6.54 Å². The Bertz CT molecular complexity index is 642. The van der Waals surface area contributed by atoms with E-state index in [1.807, 2.05) is 0 Å². The summed E-state index contributed by atoms with van der Waals surface area (Å²) in [5, 5.41) is 2.85. The van der Waals surface area contributed by atoms with Gasteiger partial charge >= 0.3 is 0 Å². The molecule has 0 atom stereocenters. The SMILES string of the molecule is COc1ccc(NC(N)=NCc2cc(F)ccc2F)cc1. The molecule has 0 spiro atoms. The fraction of sp³-hybridized carbons (Fsp3) is 0.133. The number of nitrogens with one attached hydrogen (secondary N) is 1. The highest BCUT2D eigenvalue weighted by Gasteiger charge is 2.03. The van der Waals surface area contributed by atoms with Crippen LogP contribution in [0, 0.1) is 11.6 Å². The summed E-state index contributed by atoms with van der Waals surface area (Å²) in [5.74, 6) is -0.192. The van der Waals surface area contributed by atoms with E-state index in [1.165, 1.54) is 0 Å². The van der Waals surface area contributed by atoms with E-state index in [2.05, 4.69) is 10.3 Å². The van der Waals surface area contributed by atoms with E-state index in [4.69, 9.17) is 10.5 Å². The number of methoxy groups -OCH3 is 1. The van der Waals surface area contributed by atoms with Crippen LogP contribution in [0.4, 0.5) is 14.5 Å². The molecule has 0 aliphatic rings. The van der Waals surface area contributed by atoms with Crippen molar-refractivity contribution in [1.29, 1.82) is 0 Å². The molecule has 2 aromatic rings. The number of ether oxygens (including phenoxy) is 1. The van der Waals surface area contributed by atoms with Gasteiger partial charge in [-0.05, 0) is 42.5 Å². The van der Waals surface area contributed by atoms with Gasteiger partial charge in [0.1, 0.15) is 17.4 Å². The lowest BCUT2D eigenvalue weighted by atomic mass is 10.2. The van der Waals surface area contributed by atoms with Gasteiger partial charge in [0.2, 0.25) is 0 Å². The first kappa shape index (κ1) is 14.8. The Labute approximate surface area is 121 Å². The molecule has 0 radical (unpaired) electrons. The second kappa shape index (κ2) is 6.69. The van der Waals surface area contributed by atoms with Gasteiger partial charge in [-0.15, -0.1) is 0 Å². The Balaban J connectivity index is 2.01. The molecule has 0 unspecified atom stereocenters. The fourth-order valence-electron chi connectivity index (χ4n) is 1.70. The third kappa shape index (κ3) is 4.17. The van der Waals surface area contributed by atoms with Crippen LogP contribution in [0.25, 0.3) is 0 Å². The highest BCUT2D eigenvalue weighted by atomic mass is 19.1. The molecule has 0 bridgehead atoms. The summed E-state index contributed by atoms with van der Waals surface area (Å²) in [7, 11) is 1.58. The zero-order valence-electron chi connectivity index (χ0n) is 11.4. The van der Waals surface area contributed by atoms with Crippen molar-refractivity contribution in [2.45, 2.75) is 6.54 Å². The van der Waals surface area contributed by atoms with Crippen molar-refractivity contribution in [1.82, 2.24) is 0 Å². The van der Waals surface area contributed by atoms with Crippen molar-refractivity contribution in [3.05, 3.63) is 59.7 Å². The van der Waals surface area contributed by atoms with E-state index in [0.717, 1.165) is 29.6 Å². The number of halogens is 2. The molecule has 6 heteroatoms. The zero-order valence-corrected chi connectivity index (χ0v) is 11.4. The van der Waals surface area contributed by atoms with Crippen LogP contribution >= 0.6 is 0 Å². The van der Waals surface area contributed by atoms with Crippen molar-refractivity contribution < 1.29 is 13.5 Å². The quantitative estimate of drug-likeness (QED) is 0.672. The fourth-order valence-corrected chi connectivity index (χ4v) is 1.70. The van der Waals surface area contributed by atoms with Crippen molar-refractivity contribution in [3.63, 3.8) is 0 Å². The zero-order chi connectivity index (χ0) is 15.2. The minimum absolute atomic E-state index is 0.0431. The number of hydrogen-bond donors (Lipinski definition) is 2. The van der Waals surface area contributed by atoms with Crippen LogP contribution in [0.2, 0.25) is 0 Å². The molecule has 21 heavy (non-hydrogen) atoms. The molecular formula is C15H15F2N3O. The van der Waals surface area contributed by atoms with Gasteiger partial charge < -0.3 is 15.8 Å². The second-order valence-electron chi connectivity index (χ2n) is 4.29. The van der Waals surface area contributed by atoms with E-state index in [0.29, 0.717) is 0 Å². The summed E-state index contributed by atoms with van der Waals surface area (Å²) in [5.41, 5.74) is 6.57. The lowest BCUT2D eigenvalue weighted by Crippen LogP contribution is -2.22. The van der Waals surface area contributed by atoms with Gasteiger partial charge in [0.25, 0.3) is 0 Å². The predicted octanol–water partition coefficient (Wildman–Crippen LogP) is 2.90.